The average molecular weight is 390 g/mol. The zero-order valence-corrected chi connectivity index (χ0v) is 17.8. The van der Waals surface area contributed by atoms with Gasteiger partial charge in [0.2, 0.25) is 0 Å². The van der Waals surface area contributed by atoms with Crippen molar-refractivity contribution in [2.24, 2.45) is 5.92 Å². The molecule has 3 atom stereocenters. The smallest absolute Gasteiger partial charge is 0.313 e. The lowest BCUT2D eigenvalue weighted by Gasteiger charge is -2.26. The third-order valence-electron chi connectivity index (χ3n) is 4.76. The second-order valence-electron chi connectivity index (χ2n) is 7.41. The molecule has 0 fully saturated rings. The molecule has 0 aliphatic carbocycles. The summed E-state index contributed by atoms with van der Waals surface area (Å²) in [6.45, 7) is 8.35. The highest BCUT2D eigenvalue weighted by Gasteiger charge is 2.26. The van der Waals surface area contributed by atoms with Crippen LogP contribution in [0.25, 0.3) is 0 Å². The highest BCUT2D eigenvalue weighted by Crippen LogP contribution is 2.26. The molecule has 27 heavy (non-hydrogen) atoms. The second kappa shape index (κ2) is 11.1. The minimum Gasteiger partial charge on any atom is -0.455 e. The van der Waals surface area contributed by atoms with Crippen LogP contribution in [0.3, 0.4) is 0 Å². The largest absolute Gasteiger partial charge is 0.455 e. The summed E-state index contributed by atoms with van der Waals surface area (Å²) in [5.74, 6) is 0.133. The van der Waals surface area contributed by atoms with Crippen LogP contribution in [-0.4, -0.2) is 19.1 Å². The van der Waals surface area contributed by atoms with Gasteiger partial charge >= 0.3 is 5.97 Å². The first kappa shape index (κ1) is 23.2. The molecule has 0 spiro atoms. The number of rotatable bonds is 8. The van der Waals surface area contributed by atoms with Gasteiger partial charge in [0.05, 0.1) is 5.92 Å². The van der Waals surface area contributed by atoms with E-state index in [0.29, 0.717) is 5.92 Å². The van der Waals surface area contributed by atoms with Crippen molar-refractivity contribution in [3.63, 3.8) is 0 Å². The van der Waals surface area contributed by atoms with Crippen LogP contribution in [0.4, 0.5) is 0 Å². The Morgan fingerprint density at radius 1 is 0.926 bits per heavy atom. The third kappa shape index (κ3) is 6.67. The van der Waals surface area contributed by atoms with Crippen molar-refractivity contribution in [3.8, 4) is 0 Å². The van der Waals surface area contributed by atoms with Crippen LogP contribution in [-0.2, 0) is 16.0 Å². The van der Waals surface area contributed by atoms with E-state index in [1.165, 1.54) is 5.56 Å². The standard InChI is InChI=1S/C23H31NO2.ClH/c1-16(2)15-19-11-13-20(14-12-19)17(3)23(25)26-22(18(4)24-5)21-9-7-6-8-10-21;/h6-14,16-18,22,24H,15H2,1-5H3;1H/t17?,18-,22+;/m0./s1. The molecule has 0 radical (unpaired) electrons. The minimum atomic E-state index is -0.309. The Balaban J connectivity index is 0.00000364. The summed E-state index contributed by atoms with van der Waals surface area (Å²) < 4.78 is 5.90. The van der Waals surface area contributed by atoms with E-state index in [9.17, 15) is 4.79 Å². The van der Waals surface area contributed by atoms with Gasteiger partial charge in [0, 0.05) is 6.04 Å². The van der Waals surface area contributed by atoms with Crippen LogP contribution in [0, 0.1) is 5.92 Å². The van der Waals surface area contributed by atoms with Gasteiger partial charge in [-0.05, 0) is 49.9 Å². The summed E-state index contributed by atoms with van der Waals surface area (Å²) in [7, 11) is 1.88. The van der Waals surface area contributed by atoms with Crippen LogP contribution < -0.4 is 5.32 Å². The third-order valence-corrected chi connectivity index (χ3v) is 4.76. The highest BCUT2D eigenvalue weighted by molar-refractivity contribution is 5.85. The molecule has 0 amide bonds. The number of halogens is 1. The molecule has 148 valence electrons. The summed E-state index contributed by atoms with van der Waals surface area (Å²) in [6.07, 6.45) is 0.742. The SMILES string of the molecule is CN[C@@H](C)[C@@H](OC(=O)C(C)c1ccc(CC(C)C)cc1)c1ccccc1.Cl. The maximum atomic E-state index is 12.8. The van der Waals surface area contributed by atoms with Gasteiger partial charge < -0.3 is 10.1 Å². The monoisotopic (exact) mass is 389 g/mol. The molecule has 0 saturated heterocycles. The quantitative estimate of drug-likeness (QED) is 0.622. The second-order valence-corrected chi connectivity index (χ2v) is 7.41. The molecular weight excluding hydrogens is 358 g/mol. The Morgan fingerprint density at radius 2 is 1.52 bits per heavy atom. The maximum absolute atomic E-state index is 12.8. The van der Waals surface area contributed by atoms with Crippen molar-refractivity contribution >= 4 is 18.4 Å². The Bertz CT molecular complexity index is 685. The molecule has 1 N–H and O–H groups in total. The first-order chi connectivity index (χ1) is 12.4. The van der Waals surface area contributed by atoms with Crippen molar-refractivity contribution in [2.45, 2.75) is 52.2 Å². The van der Waals surface area contributed by atoms with E-state index in [1.54, 1.807) is 0 Å². The molecule has 0 aliphatic heterocycles. The van der Waals surface area contributed by atoms with E-state index in [1.807, 2.05) is 63.4 Å². The predicted molar refractivity (Wildman–Crippen MR) is 114 cm³/mol. The van der Waals surface area contributed by atoms with Crippen LogP contribution in [0.15, 0.2) is 54.6 Å². The molecule has 4 heteroatoms. The molecule has 0 heterocycles. The zero-order chi connectivity index (χ0) is 19.1. The summed E-state index contributed by atoms with van der Waals surface area (Å²) in [5, 5.41) is 3.20. The summed E-state index contributed by atoms with van der Waals surface area (Å²) in [6, 6.07) is 18.2. The Hall–Kier alpha value is -1.84. The summed E-state index contributed by atoms with van der Waals surface area (Å²) in [4.78, 5) is 12.8. The van der Waals surface area contributed by atoms with Gasteiger partial charge in [0.15, 0.2) is 0 Å². The molecular formula is C23H32ClNO2. The number of nitrogens with one attached hydrogen (secondary N) is 1. The van der Waals surface area contributed by atoms with E-state index in [2.05, 4.69) is 31.3 Å². The van der Waals surface area contributed by atoms with Crippen molar-refractivity contribution in [1.29, 1.82) is 0 Å². The van der Waals surface area contributed by atoms with Crippen molar-refractivity contribution < 1.29 is 9.53 Å². The molecule has 2 aromatic carbocycles. The number of esters is 1. The minimum absolute atomic E-state index is 0. The molecule has 0 saturated carbocycles. The fourth-order valence-corrected chi connectivity index (χ4v) is 3.03. The predicted octanol–water partition coefficient (Wildman–Crippen LogP) is 5.30. The molecule has 1 unspecified atom stereocenters. The topological polar surface area (TPSA) is 38.3 Å². The van der Waals surface area contributed by atoms with E-state index in [-0.39, 0.29) is 36.4 Å². The van der Waals surface area contributed by atoms with Crippen LogP contribution in [0.2, 0.25) is 0 Å². The average Bonchev–Trinajstić information content (AvgIpc) is 2.65. The molecule has 0 aliphatic rings. The number of carbonyl (C=O) groups is 1. The first-order valence-corrected chi connectivity index (χ1v) is 9.44. The number of likely N-dealkylation sites (N-methyl/N-ethyl adjacent to an activating group) is 1. The van der Waals surface area contributed by atoms with Crippen molar-refractivity contribution in [2.75, 3.05) is 7.05 Å². The summed E-state index contributed by atoms with van der Waals surface area (Å²) >= 11 is 0. The van der Waals surface area contributed by atoms with Gasteiger partial charge in [-0.25, -0.2) is 0 Å². The molecule has 3 nitrogen and oxygen atoms in total. The zero-order valence-electron chi connectivity index (χ0n) is 16.9. The van der Waals surface area contributed by atoms with Gasteiger partial charge in [-0.2, -0.15) is 0 Å². The van der Waals surface area contributed by atoms with E-state index >= 15 is 0 Å². The van der Waals surface area contributed by atoms with Crippen molar-refractivity contribution in [1.82, 2.24) is 5.32 Å². The lowest BCUT2D eigenvalue weighted by atomic mass is 9.96. The van der Waals surface area contributed by atoms with Crippen molar-refractivity contribution in [3.05, 3.63) is 71.3 Å². The van der Waals surface area contributed by atoms with Gasteiger partial charge in [-0.1, -0.05) is 68.4 Å². The van der Waals surface area contributed by atoms with Crippen LogP contribution >= 0.6 is 12.4 Å². The normalized spacial score (nSPS) is 14.1. The molecule has 0 bridgehead atoms. The van der Waals surface area contributed by atoms with E-state index < -0.39 is 0 Å². The number of ether oxygens (including phenoxy) is 1. The molecule has 2 aromatic rings. The Kier molecular flexibility index (Phi) is 9.54. The van der Waals surface area contributed by atoms with Crippen LogP contribution in [0.5, 0.6) is 0 Å². The number of carbonyl (C=O) groups excluding carboxylic acids is 1. The Labute approximate surface area is 169 Å². The number of hydrogen-bond donors (Lipinski definition) is 1. The Morgan fingerprint density at radius 3 is 2.04 bits per heavy atom. The van der Waals surface area contributed by atoms with Gasteiger partial charge in [0.25, 0.3) is 0 Å². The van der Waals surface area contributed by atoms with Gasteiger partial charge in [0.1, 0.15) is 6.10 Å². The lowest BCUT2D eigenvalue weighted by Crippen LogP contribution is -2.33. The molecule has 2 rings (SSSR count). The summed E-state index contributed by atoms with van der Waals surface area (Å²) in [5.41, 5.74) is 3.30. The molecule has 0 aromatic heterocycles. The first-order valence-electron chi connectivity index (χ1n) is 9.44. The number of hydrogen-bond acceptors (Lipinski definition) is 3. The van der Waals surface area contributed by atoms with Gasteiger partial charge in [-0.3, -0.25) is 4.79 Å². The van der Waals surface area contributed by atoms with Crippen LogP contribution in [0.1, 0.15) is 56.4 Å². The fraction of sp³-hybridized carbons (Fsp3) is 0.435. The fourth-order valence-electron chi connectivity index (χ4n) is 3.03. The maximum Gasteiger partial charge on any atom is 0.313 e. The van der Waals surface area contributed by atoms with E-state index in [4.69, 9.17) is 4.74 Å². The van der Waals surface area contributed by atoms with E-state index in [0.717, 1.165) is 17.5 Å². The lowest BCUT2D eigenvalue weighted by molar-refractivity contribution is -0.152. The number of benzene rings is 2. The highest BCUT2D eigenvalue weighted by atomic mass is 35.5. The van der Waals surface area contributed by atoms with Gasteiger partial charge in [-0.15, -0.1) is 12.4 Å².